The molecule has 3 rings (SSSR count). The Kier molecular flexibility index (Phi) is 5.58. The minimum absolute atomic E-state index is 0.00601. The number of anilines is 1. The Labute approximate surface area is 147 Å². The lowest BCUT2D eigenvalue weighted by atomic mass is 9.96. The minimum Gasteiger partial charge on any atom is -0.353 e. The average molecular weight is 342 g/mol. The number of hydrogen-bond acceptors (Lipinski definition) is 4. The number of benzene rings is 1. The molecule has 1 aliphatic rings. The SMILES string of the molecule is CC(CC(=O)NC1CCN(c2ncccn2)CC1)c1cccc(F)c1. The van der Waals surface area contributed by atoms with Crippen molar-refractivity contribution in [1.29, 1.82) is 0 Å². The summed E-state index contributed by atoms with van der Waals surface area (Å²) >= 11 is 0. The van der Waals surface area contributed by atoms with Crippen molar-refractivity contribution in [3.05, 3.63) is 54.1 Å². The van der Waals surface area contributed by atoms with Crippen molar-refractivity contribution in [2.24, 2.45) is 0 Å². The standard InChI is InChI=1S/C19H23FN4O/c1-14(15-4-2-5-16(20)13-15)12-18(25)23-17-6-10-24(11-7-17)19-21-8-3-9-22-19/h2-5,8-9,13-14,17H,6-7,10-12H2,1H3,(H,23,25). The number of carbonyl (C=O) groups excluding carboxylic acids is 1. The zero-order valence-corrected chi connectivity index (χ0v) is 14.4. The number of carbonyl (C=O) groups is 1. The monoisotopic (exact) mass is 342 g/mol. The summed E-state index contributed by atoms with van der Waals surface area (Å²) in [5.74, 6) is 0.493. The molecule has 1 atom stereocenters. The summed E-state index contributed by atoms with van der Waals surface area (Å²) in [4.78, 5) is 23.0. The second kappa shape index (κ2) is 8.05. The first-order chi connectivity index (χ1) is 12.1. The molecule has 0 spiro atoms. The van der Waals surface area contributed by atoms with Crippen LogP contribution in [-0.2, 0) is 4.79 Å². The summed E-state index contributed by atoms with van der Waals surface area (Å²) in [6.07, 6.45) is 5.59. The number of nitrogens with one attached hydrogen (secondary N) is 1. The van der Waals surface area contributed by atoms with Crippen LogP contribution in [0, 0.1) is 5.82 Å². The summed E-state index contributed by atoms with van der Waals surface area (Å²) in [5.41, 5.74) is 0.853. The molecule has 0 bridgehead atoms. The summed E-state index contributed by atoms with van der Waals surface area (Å²) in [6, 6.07) is 8.43. The second-order valence-electron chi connectivity index (χ2n) is 6.54. The predicted molar refractivity (Wildman–Crippen MR) is 94.8 cm³/mol. The number of amides is 1. The van der Waals surface area contributed by atoms with Gasteiger partial charge in [-0.05, 0) is 42.5 Å². The third kappa shape index (κ3) is 4.75. The van der Waals surface area contributed by atoms with Gasteiger partial charge in [0, 0.05) is 37.9 Å². The average Bonchev–Trinajstić information content (AvgIpc) is 2.63. The highest BCUT2D eigenvalue weighted by molar-refractivity contribution is 5.77. The van der Waals surface area contributed by atoms with Gasteiger partial charge in [0.1, 0.15) is 5.82 Å². The molecule has 1 aromatic heterocycles. The summed E-state index contributed by atoms with van der Waals surface area (Å²) < 4.78 is 13.3. The van der Waals surface area contributed by atoms with Gasteiger partial charge >= 0.3 is 0 Å². The van der Waals surface area contributed by atoms with Crippen LogP contribution in [-0.4, -0.2) is 35.0 Å². The van der Waals surface area contributed by atoms with E-state index in [0.29, 0.717) is 6.42 Å². The van der Waals surface area contributed by atoms with E-state index in [0.717, 1.165) is 37.4 Å². The normalized spacial score (nSPS) is 16.5. The van der Waals surface area contributed by atoms with Crippen LogP contribution in [0.15, 0.2) is 42.7 Å². The maximum Gasteiger partial charge on any atom is 0.225 e. The molecule has 1 saturated heterocycles. The van der Waals surface area contributed by atoms with Crippen molar-refractivity contribution in [3.8, 4) is 0 Å². The van der Waals surface area contributed by atoms with E-state index in [9.17, 15) is 9.18 Å². The number of hydrogen-bond donors (Lipinski definition) is 1. The molecule has 5 nitrogen and oxygen atoms in total. The highest BCUT2D eigenvalue weighted by atomic mass is 19.1. The third-order valence-electron chi connectivity index (χ3n) is 4.60. The minimum atomic E-state index is -0.264. The first-order valence-electron chi connectivity index (χ1n) is 8.68. The van der Waals surface area contributed by atoms with Gasteiger partial charge in [-0.25, -0.2) is 14.4 Å². The molecule has 1 N–H and O–H groups in total. The smallest absolute Gasteiger partial charge is 0.225 e. The van der Waals surface area contributed by atoms with Crippen molar-refractivity contribution in [3.63, 3.8) is 0 Å². The van der Waals surface area contributed by atoms with Crippen molar-refractivity contribution < 1.29 is 9.18 Å². The van der Waals surface area contributed by atoms with Crippen LogP contribution in [0.25, 0.3) is 0 Å². The van der Waals surface area contributed by atoms with Gasteiger partial charge in [-0.2, -0.15) is 0 Å². The fraction of sp³-hybridized carbons (Fsp3) is 0.421. The van der Waals surface area contributed by atoms with Crippen molar-refractivity contribution in [2.45, 2.75) is 38.1 Å². The molecule has 0 aliphatic carbocycles. The van der Waals surface area contributed by atoms with Crippen LogP contribution < -0.4 is 10.2 Å². The van der Waals surface area contributed by atoms with Crippen molar-refractivity contribution in [2.75, 3.05) is 18.0 Å². The molecule has 1 aliphatic heterocycles. The molecule has 2 heterocycles. The summed E-state index contributed by atoms with van der Waals surface area (Å²) in [6.45, 7) is 3.60. The van der Waals surface area contributed by atoms with E-state index in [-0.39, 0.29) is 23.7 Å². The first kappa shape index (κ1) is 17.3. The molecular weight excluding hydrogens is 319 g/mol. The topological polar surface area (TPSA) is 58.1 Å². The van der Waals surface area contributed by atoms with E-state index < -0.39 is 0 Å². The Morgan fingerprint density at radius 1 is 1.28 bits per heavy atom. The Balaban J connectivity index is 1.46. The Bertz CT molecular complexity index is 702. The van der Waals surface area contributed by atoms with Crippen LogP contribution in [0.2, 0.25) is 0 Å². The molecule has 1 amide bonds. The van der Waals surface area contributed by atoms with E-state index in [1.54, 1.807) is 24.5 Å². The van der Waals surface area contributed by atoms with Gasteiger partial charge < -0.3 is 10.2 Å². The zero-order chi connectivity index (χ0) is 17.6. The van der Waals surface area contributed by atoms with Gasteiger partial charge in [0.25, 0.3) is 0 Å². The molecule has 2 aromatic rings. The van der Waals surface area contributed by atoms with Gasteiger partial charge in [-0.15, -0.1) is 0 Å². The number of halogens is 1. The summed E-state index contributed by atoms with van der Waals surface area (Å²) in [5, 5.41) is 3.11. The molecule has 6 heteroatoms. The molecule has 25 heavy (non-hydrogen) atoms. The van der Waals surface area contributed by atoms with Crippen LogP contribution >= 0.6 is 0 Å². The van der Waals surface area contributed by atoms with Crippen molar-refractivity contribution in [1.82, 2.24) is 15.3 Å². The van der Waals surface area contributed by atoms with Gasteiger partial charge in [0.15, 0.2) is 0 Å². The second-order valence-corrected chi connectivity index (χ2v) is 6.54. The first-order valence-corrected chi connectivity index (χ1v) is 8.68. The number of aromatic nitrogens is 2. The van der Waals surface area contributed by atoms with Crippen LogP contribution in [0.3, 0.4) is 0 Å². The molecule has 1 unspecified atom stereocenters. The Morgan fingerprint density at radius 3 is 2.68 bits per heavy atom. The number of rotatable bonds is 5. The lowest BCUT2D eigenvalue weighted by Gasteiger charge is -2.32. The van der Waals surface area contributed by atoms with E-state index in [1.165, 1.54) is 12.1 Å². The Hall–Kier alpha value is -2.50. The lowest BCUT2D eigenvalue weighted by Crippen LogP contribution is -2.45. The maximum atomic E-state index is 13.3. The van der Waals surface area contributed by atoms with Gasteiger partial charge in [-0.1, -0.05) is 19.1 Å². The highest BCUT2D eigenvalue weighted by Gasteiger charge is 2.22. The largest absolute Gasteiger partial charge is 0.353 e. The zero-order valence-electron chi connectivity index (χ0n) is 14.4. The van der Waals surface area contributed by atoms with E-state index in [1.807, 2.05) is 13.0 Å². The maximum absolute atomic E-state index is 13.3. The van der Waals surface area contributed by atoms with Crippen LogP contribution in [0.1, 0.15) is 37.7 Å². The number of piperidine rings is 1. The van der Waals surface area contributed by atoms with E-state index in [2.05, 4.69) is 20.2 Å². The molecule has 1 fully saturated rings. The van der Waals surface area contributed by atoms with Gasteiger partial charge in [0.05, 0.1) is 0 Å². The molecule has 0 saturated carbocycles. The quantitative estimate of drug-likeness (QED) is 0.908. The van der Waals surface area contributed by atoms with Crippen molar-refractivity contribution >= 4 is 11.9 Å². The highest BCUT2D eigenvalue weighted by Crippen LogP contribution is 2.20. The third-order valence-corrected chi connectivity index (χ3v) is 4.60. The Morgan fingerprint density at radius 2 is 2.00 bits per heavy atom. The molecule has 0 radical (unpaired) electrons. The van der Waals surface area contributed by atoms with E-state index in [4.69, 9.17) is 0 Å². The van der Waals surface area contributed by atoms with Crippen LogP contribution in [0.5, 0.6) is 0 Å². The predicted octanol–water partition coefficient (Wildman–Crippen LogP) is 2.89. The van der Waals surface area contributed by atoms with Gasteiger partial charge in [0.2, 0.25) is 11.9 Å². The fourth-order valence-corrected chi connectivity index (χ4v) is 3.17. The molecule has 1 aromatic carbocycles. The number of nitrogens with zero attached hydrogens (tertiary/aromatic N) is 3. The fourth-order valence-electron chi connectivity index (χ4n) is 3.17. The molecular formula is C19H23FN4O. The van der Waals surface area contributed by atoms with Gasteiger partial charge in [-0.3, -0.25) is 4.79 Å². The summed E-state index contributed by atoms with van der Waals surface area (Å²) in [7, 11) is 0. The van der Waals surface area contributed by atoms with Crippen LogP contribution in [0.4, 0.5) is 10.3 Å². The lowest BCUT2D eigenvalue weighted by molar-refractivity contribution is -0.122. The molecule has 132 valence electrons. The van der Waals surface area contributed by atoms with E-state index >= 15 is 0 Å².